The van der Waals surface area contributed by atoms with E-state index in [4.69, 9.17) is 27.9 Å². The van der Waals surface area contributed by atoms with Crippen molar-refractivity contribution in [2.24, 2.45) is 0 Å². The largest absolute Gasteiger partial charge is 0.370 e. The van der Waals surface area contributed by atoms with Crippen molar-refractivity contribution in [1.29, 1.82) is 0 Å². The lowest BCUT2D eigenvalue weighted by atomic mass is 10.1. The van der Waals surface area contributed by atoms with Gasteiger partial charge in [0.2, 0.25) is 0 Å². The number of pyridine rings is 1. The number of hydrogen-bond acceptors (Lipinski definition) is 3. The predicted octanol–water partition coefficient (Wildman–Crippen LogP) is 4.76. The van der Waals surface area contributed by atoms with E-state index in [1.807, 2.05) is 36.4 Å². The Balaban J connectivity index is 1.56. The van der Waals surface area contributed by atoms with Gasteiger partial charge in [-0.25, -0.2) is 0 Å². The van der Waals surface area contributed by atoms with E-state index in [1.54, 1.807) is 23.2 Å². The molecular formula is C20H16Cl2N2O2. The van der Waals surface area contributed by atoms with Gasteiger partial charge in [-0.15, -0.1) is 0 Å². The number of nitrogens with zero attached hydrogens (tertiary/aromatic N) is 2. The van der Waals surface area contributed by atoms with Gasteiger partial charge in [-0.2, -0.15) is 0 Å². The summed E-state index contributed by atoms with van der Waals surface area (Å²) in [4.78, 5) is 19.1. The molecule has 3 aromatic rings. The average Bonchev–Trinajstić information content (AvgIpc) is 2.69. The minimum Gasteiger partial charge on any atom is -0.370 e. The third-order valence-electron chi connectivity index (χ3n) is 4.52. The zero-order valence-electron chi connectivity index (χ0n) is 13.9. The minimum absolute atomic E-state index is 0.0223. The normalized spacial score (nSPS) is 17.5. The minimum atomic E-state index is -0.221. The van der Waals surface area contributed by atoms with E-state index < -0.39 is 0 Å². The molecule has 0 spiro atoms. The maximum Gasteiger partial charge on any atom is 0.254 e. The van der Waals surface area contributed by atoms with E-state index in [9.17, 15) is 4.79 Å². The van der Waals surface area contributed by atoms with Crippen LogP contribution in [0.15, 0.2) is 54.7 Å². The first-order valence-electron chi connectivity index (χ1n) is 8.32. The van der Waals surface area contributed by atoms with Crippen molar-refractivity contribution in [1.82, 2.24) is 9.88 Å². The van der Waals surface area contributed by atoms with Crippen molar-refractivity contribution in [3.8, 4) is 0 Å². The Morgan fingerprint density at radius 2 is 2.00 bits per heavy atom. The second kappa shape index (κ2) is 7.23. The van der Waals surface area contributed by atoms with E-state index in [1.165, 1.54) is 0 Å². The number of fused-ring (bicyclic) bond motifs is 1. The molecule has 26 heavy (non-hydrogen) atoms. The fourth-order valence-electron chi connectivity index (χ4n) is 3.13. The fourth-order valence-corrected chi connectivity index (χ4v) is 3.44. The number of ether oxygens (including phenoxy) is 1. The zero-order chi connectivity index (χ0) is 18.1. The van der Waals surface area contributed by atoms with Crippen LogP contribution in [0.5, 0.6) is 0 Å². The molecule has 4 nitrogen and oxygen atoms in total. The first kappa shape index (κ1) is 17.3. The Hall–Kier alpha value is -2.14. The summed E-state index contributed by atoms with van der Waals surface area (Å²) in [5.74, 6) is -0.0223. The molecule has 6 heteroatoms. The van der Waals surface area contributed by atoms with E-state index in [-0.39, 0.29) is 12.0 Å². The third-order valence-corrected chi connectivity index (χ3v) is 5.26. The van der Waals surface area contributed by atoms with Crippen LogP contribution in [0.1, 0.15) is 22.0 Å². The van der Waals surface area contributed by atoms with Gasteiger partial charge in [0.05, 0.1) is 28.7 Å². The van der Waals surface area contributed by atoms with Crippen LogP contribution >= 0.6 is 23.2 Å². The molecule has 1 amide bonds. The molecule has 0 aliphatic carbocycles. The van der Waals surface area contributed by atoms with Crippen LogP contribution in [0.3, 0.4) is 0 Å². The van der Waals surface area contributed by atoms with Gasteiger partial charge in [0, 0.05) is 23.7 Å². The van der Waals surface area contributed by atoms with Gasteiger partial charge in [0.25, 0.3) is 5.91 Å². The molecule has 1 atom stereocenters. The third kappa shape index (κ3) is 3.40. The van der Waals surface area contributed by atoms with Crippen LogP contribution in [-0.4, -0.2) is 35.5 Å². The first-order valence-corrected chi connectivity index (χ1v) is 9.08. The van der Waals surface area contributed by atoms with E-state index in [0.29, 0.717) is 35.3 Å². The van der Waals surface area contributed by atoms with Gasteiger partial charge < -0.3 is 9.64 Å². The van der Waals surface area contributed by atoms with Crippen molar-refractivity contribution in [2.75, 3.05) is 19.7 Å². The number of hydrogen-bond donors (Lipinski definition) is 0. The van der Waals surface area contributed by atoms with Crippen LogP contribution in [0, 0.1) is 0 Å². The highest BCUT2D eigenvalue weighted by Gasteiger charge is 2.26. The molecular weight excluding hydrogens is 371 g/mol. The van der Waals surface area contributed by atoms with E-state index >= 15 is 0 Å². The van der Waals surface area contributed by atoms with Crippen molar-refractivity contribution < 1.29 is 9.53 Å². The van der Waals surface area contributed by atoms with Crippen LogP contribution in [0.2, 0.25) is 10.0 Å². The molecule has 0 bridgehead atoms. The number of aromatic nitrogens is 1. The number of halogens is 2. The van der Waals surface area contributed by atoms with Crippen molar-refractivity contribution >= 4 is 40.0 Å². The number of amides is 1. The highest BCUT2D eigenvalue weighted by atomic mass is 35.5. The fraction of sp³-hybridized carbons (Fsp3) is 0.200. The standard InChI is InChI=1S/C20H16Cl2N2O2/c21-16-6-5-14(10-17(16)22)19-12-24(8-9-26-19)20(25)15-4-3-13-2-1-7-23-18(13)11-15/h1-7,10-11,19H,8-9,12H2/t19-/m0/s1. The summed E-state index contributed by atoms with van der Waals surface area (Å²) in [6, 6.07) is 14.9. The van der Waals surface area contributed by atoms with Gasteiger partial charge >= 0.3 is 0 Å². The molecule has 2 heterocycles. The van der Waals surface area contributed by atoms with Gasteiger partial charge in [0.1, 0.15) is 6.10 Å². The second-order valence-electron chi connectivity index (χ2n) is 6.20. The molecule has 132 valence electrons. The predicted molar refractivity (Wildman–Crippen MR) is 103 cm³/mol. The quantitative estimate of drug-likeness (QED) is 0.637. The summed E-state index contributed by atoms with van der Waals surface area (Å²) < 4.78 is 5.84. The maximum absolute atomic E-state index is 12.9. The van der Waals surface area contributed by atoms with E-state index in [2.05, 4.69) is 4.98 Å². The van der Waals surface area contributed by atoms with Gasteiger partial charge in [0.15, 0.2) is 0 Å². The lowest BCUT2D eigenvalue weighted by molar-refractivity contribution is -0.0228. The molecule has 0 unspecified atom stereocenters. The maximum atomic E-state index is 12.9. The zero-order valence-corrected chi connectivity index (χ0v) is 15.4. The van der Waals surface area contributed by atoms with Crippen LogP contribution in [0.4, 0.5) is 0 Å². The Morgan fingerprint density at radius 3 is 2.85 bits per heavy atom. The van der Waals surface area contributed by atoms with Crippen LogP contribution in [-0.2, 0) is 4.74 Å². The van der Waals surface area contributed by atoms with Crippen LogP contribution < -0.4 is 0 Å². The molecule has 1 aliphatic rings. The topological polar surface area (TPSA) is 42.4 Å². The van der Waals surface area contributed by atoms with Crippen molar-refractivity contribution in [3.63, 3.8) is 0 Å². The Morgan fingerprint density at radius 1 is 1.12 bits per heavy atom. The number of benzene rings is 2. The molecule has 4 rings (SSSR count). The molecule has 1 aromatic heterocycles. The Labute approximate surface area is 161 Å². The van der Waals surface area contributed by atoms with Gasteiger partial charge in [-0.3, -0.25) is 9.78 Å². The lowest BCUT2D eigenvalue weighted by Gasteiger charge is -2.33. The van der Waals surface area contributed by atoms with Crippen molar-refractivity contribution in [3.05, 3.63) is 75.9 Å². The summed E-state index contributed by atoms with van der Waals surface area (Å²) in [6.07, 6.45) is 1.51. The van der Waals surface area contributed by atoms with Crippen LogP contribution in [0.25, 0.3) is 10.9 Å². The van der Waals surface area contributed by atoms with Crippen molar-refractivity contribution in [2.45, 2.75) is 6.10 Å². The number of morpholine rings is 1. The Kier molecular flexibility index (Phi) is 4.81. The number of carbonyl (C=O) groups excluding carboxylic acids is 1. The highest BCUT2D eigenvalue weighted by Crippen LogP contribution is 2.29. The summed E-state index contributed by atoms with van der Waals surface area (Å²) in [7, 11) is 0. The summed E-state index contributed by atoms with van der Waals surface area (Å²) in [5, 5.41) is 2.00. The number of rotatable bonds is 2. The van der Waals surface area contributed by atoms with E-state index in [0.717, 1.165) is 16.5 Å². The second-order valence-corrected chi connectivity index (χ2v) is 7.01. The smallest absolute Gasteiger partial charge is 0.254 e. The molecule has 1 saturated heterocycles. The monoisotopic (exact) mass is 386 g/mol. The lowest BCUT2D eigenvalue weighted by Crippen LogP contribution is -2.42. The first-order chi connectivity index (χ1) is 12.6. The average molecular weight is 387 g/mol. The molecule has 1 aliphatic heterocycles. The SMILES string of the molecule is O=C(c1ccc2cccnc2c1)N1CCO[C@H](c2ccc(Cl)c(Cl)c2)C1. The summed E-state index contributed by atoms with van der Waals surface area (Å²) in [6.45, 7) is 1.50. The highest BCUT2D eigenvalue weighted by molar-refractivity contribution is 6.42. The van der Waals surface area contributed by atoms with Gasteiger partial charge in [-0.05, 0) is 35.9 Å². The number of carbonyl (C=O) groups is 1. The van der Waals surface area contributed by atoms with Gasteiger partial charge in [-0.1, -0.05) is 41.4 Å². The molecule has 1 fully saturated rings. The summed E-state index contributed by atoms with van der Waals surface area (Å²) >= 11 is 12.1. The molecule has 0 saturated carbocycles. The summed E-state index contributed by atoms with van der Waals surface area (Å²) in [5.41, 5.74) is 2.36. The Bertz CT molecular complexity index is 977. The molecule has 2 aromatic carbocycles. The molecule has 0 radical (unpaired) electrons. The molecule has 0 N–H and O–H groups in total.